The maximum Gasteiger partial charge on any atom is 0.237 e. The number of rotatable bonds is 5. The summed E-state index contributed by atoms with van der Waals surface area (Å²) in [6.45, 7) is 6.33. The monoisotopic (exact) mass is 214 g/mol. The van der Waals surface area contributed by atoms with Gasteiger partial charge in [0.1, 0.15) is 0 Å². The van der Waals surface area contributed by atoms with Crippen molar-refractivity contribution >= 4 is 5.91 Å². The standard InChI is InChI=1S/C11H22N2O2/c1-8(2)10(12)11(14)13-5-3-9-4-6-15-7-9/h8-10H,3-7,12H2,1-2H3,(H,13,14). The molecule has 1 aliphatic rings. The van der Waals surface area contributed by atoms with Crippen LogP contribution in [0.4, 0.5) is 0 Å². The van der Waals surface area contributed by atoms with E-state index in [2.05, 4.69) is 5.32 Å². The van der Waals surface area contributed by atoms with Crippen molar-refractivity contribution in [3.63, 3.8) is 0 Å². The number of carbonyl (C=O) groups is 1. The van der Waals surface area contributed by atoms with E-state index >= 15 is 0 Å². The van der Waals surface area contributed by atoms with Crippen LogP contribution in [0.25, 0.3) is 0 Å². The Morgan fingerprint density at radius 2 is 2.33 bits per heavy atom. The number of nitrogens with one attached hydrogen (secondary N) is 1. The second kappa shape index (κ2) is 6.08. The Morgan fingerprint density at radius 1 is 1.60 bits per heavy atom. The Kier molecular flexibility index (Phi) is 5.05. The molecule has 1 fully saturated rings. The first kappa shape index (κ1) is 12.5. The molecule has 3 N–H and O–H groups in total. The Morgan fingerprint density at radius 3 is 2.87 bits per heavy atom. The SMILES string of the molecule is CC(C)C(N)C(=O)NCCC1CCOC1. The molecule has 1 saturated heterocycles. The van der Waals surface area contributed by atoms with Crippen LogP contribution in [0.15, 0.2) is 0 Å². The van der Waals surface area contributed by atoms with Crippen molar-refractivity contribution in [1.29, 1.82) is 0 Å². The normalized spacial score (nSPS) is 23.1. The summed E-state index contributed by atoms with van der Waals surface area (Å²) in [6, 6.07) is -0.384. The summed E-state index contributed by atoms with van der Waals surface area (Å²) in [5.41, 5.74) is 5.72. The van der Waals surface area contributed by atoms with E-state index in [0.29, 0.717) is 12.5 Å². The molecule has 0 radical (unpaired) electrons. The molecule has 1 rings (SSSR count). The average Bonchev–Trinajstić information content (AvgIpc) is 2.69. The van der Waals surface area contributed by atoms with Gasteiger partial charge in [-0.3, -0.25) is 4.79 Å². The third-order valence-corrected chi connectivity index (χ3v) is 2.90. The molecule has 2 unspecified atom stereocenters. The van der Waals surface area contributed by atoms with Crippen LogP contribution in [0.2, 0.25) is 0 Å². The van der Waals surface area contributed by atoms with Gasteiger partial charge in [-0.2, -0.15) is 0 Å². The lowest BCUT2D eigenvalue weighted by Crippen LogP contribution is -2.44. The summed E-state index contributed by atoms with van der Waals surface area (Å²) in [4.78, 5) is 11.5. The summed E-state index contributed by atoms with van der Waals surface area (Å²) in [6.07, 6.45) is 2.11. The molecule has 4 heteroatoms. The van der Waals surface area contributed by atoms with Gasteiger partial charge in [0.25, 0.3) is 0 Å². The predicted octanol–water partition coefficient (Wildman–Crippen LogP) is 0.513. The number of hydrogen-bond acceptors (Lipinski definition) is 3. The van der Waals surface area contributed by atoms with E-state index in [9.17, 15) is 4.79 Å². The number of amides is 1. The lowest BCUT2D eigenvalue weighted by molar-refractivity contribution is -0.123. The van der Waals surface area contributed by atoms with Crippen LogP contribution < -0.4 is 11.1 Å². The lowest BCUT2D eigenvalue weighted by Gasteiger charge is -2.16. The zero-order valence-electron chi connectivity index (χ0n) is 9.66. The maximum atomic E-state index is 11.5. The lowest BCUT2D eigenvalue weighted by atomic mass is 10.0. The van der Waals surface area contributed by atoms with Gasteiger partial charge in [0, 0.05) is 19.8 Å². The quantitative estimate of drug-likeness (QED) is 0.701. The molecule has 0 aromatic carbocycles. The van der Waals surface area contributed by atoms with E-state index in [-0.39, 0.29) is 17.9 Å². The molecule has 0 bridgehead atoms. The minimum Gasteiger partial charge on any atom is -0.381 e. The number of nitrogens with two attached hydrogens (primary N) is 1. The molecule has 1 heterocycles. The second-order valence-electron chi connectivity index (χ2n) is 4.58. The third-order valence-electron chi connectivity index (χ3n) is 2.90. The summed E-state index contributed by atoms with van der Waals surface area (Å²) < 4.78 is 5.26. The zero-order valence-corrected chi connectivity index (χ0v) is 9.66. The van der Waals surface area contributed by atoms with E-state index in [1.807, 2.05) is 13.8 Å². The molecule has 15 heavy (non-hydrogen) atoms. The highest BCUT2D eigenvalue weighted by atomic mass is 16.5. The van der Waals surface area contributed by atoms with E-state index < -0.39 is 0 Å². The van der Waals surface area contributed by atoms with Gasteiger partial charge in [0.2, 0.25) is 5.91 Å². The summed E-state index contributed by atoms with van der Waals surface area (Å²) in [5, 5.41) is 2.87. The summed E-state index contributed by atoms with van der Waals surface area (Å²) in [5.74, 6) is 0.768. The van der Waals surface area contributed by atoms with Crippen molar-refractivity contribution in [2.45, 2.75) is 32.7 Å². The Hall–Kier alpha value is -0.610. The fourth-order valence-electron chi connectivity index (χ4n) is 1.63. The molecule has 1 amide bonds. The fourth-order valence-corrected chi connectivity index (χ4v) is 1.63. The molecular weight excluding hydrogens is 192 g/mol. The van der Waals surface area contributed by atoms with Crippen molar-refractivity contribution < 1.29 is 9.53 Å². The molecule has 4 nitrogen and oxygen atoms in total. The van der Waals surface area contributed by atoms with E-state index in [1.165, 1.54) is 0 Å². The van der Waals surface area contributed by atoms with Gasteiger partial charge in [-0.15, -0.1) is 0 Å². The van der Waals surface area contributed by atoms with Gasteiger partial charge in [-0.1, -0.05) is 13.8 Å². The van der Waals surface area contributed by atoms with Gasteiger partial charge in [0.15, 0.2) is 0 Å². The van der Waals surface area contributed by atoms with Gasteiger partial charge < -0.3 is 15.8 Å². The molecule has 0 spiro atoms. The molecule has 0 aromatic heterocycles. The maximum absolute atomic E-state index is 11.5. The fraction of sp³-hybridized carbons (Fsp3) is 0.909. The second-order valence-corrected chi connectivity index (χ2v) is 4.58. The largest absolute Gasteiger partial charge is 0.381 e. The first-order valence-corrected chi connectivity index (χ1v) is 5.72. The predicted molar refractivity (Wildman–Crippen MR) is 59.4 cm³/mol. The topological polar surface area (TPSA) is 64.4 Å². The minimum absolute atomic E-state index is 0.0380. The highest BCUT2D eigenvalue weighted by Crippen LogP contribution is 2.15. The zero-order chi connectivity index (χ0) is 11.3. The van der Waals surface area contributed by atoms with Gasteiger partial charge in [0.05, 0.1) is 6.04 Å². The molecular formula is C11H22N2O2. The molecule has 2 atom stereocenters. The summed E-state index contributed by atoms with van der Waals surface area (Å²) >= 11 is 0. The molecule has 0 aliphatic carbocycles. The van der Waals surface area contributed by atoms with Gasteiger partial charge in [-0.05, 0) is 24.7 Å². The van der Waals surface area contributed by atoms with Crippen LogP contribution in [-0.4, -0.2) is 31.7 Å². The highest BCUT2D eigenvalue weighted by Gasteiger charge is 2.18. The molecule has 88 valence electrons. The van der Waals surface area contributed by atoms with Crippen LogP contribution in [-0.2, 0) is 9.53 Å². The molecule has 0 saturated carbocycles. The number of hydrogen-bond donors (Lipinski definition) is 2. The minimum atomic E-state index is -0.384. The van der Waals surface area contributed by atoms with Crippen molar-refractivity contribution in [1.82, 2.24) is 5.32 Å². The van der Waals surface area contributed by atoms with E-state index in [4.69, 9.17) is 10.5 Å². The molecule has 0 aromatic rings. The smallest absolute Gasteiger partial charge is 0.237 e. The van der Waals surface area contributed by atoms with Crippen molar-refractivity contribution in [2.75, 3.05) is 19.8 Å². The van der Waals surface area contributed by atoms with Crippen LogP contribution >= 0.6 is 0 Å². The average molecular weight is 214 g/mol. The van der Waals surface area contributed by atoms with Crippen molar-refractivity contribution in [2.24, 2.45) is 17.6 Å². The van der Waals surface area contributed by atoms with Crippen LogP contribution in [0.1, 0.15) is 26.7 Å². The number of carbonyl (C=O) groups excluding carboxylic acids is 1. The van der Waals surface area contributed by atoms with Crippen molar-refractivity contribution in [3.05, 3.63) is 0 Å². The van der Waals surface area contributed by atoms with Crippen LogP contribution in [0.3, 0.4) is 0 Å². The highest BCUT2D eigenvalue weighted by molar-refractivity contribution is 5.81. The van der Waals surface area contributed by atoms with Crippen LogP contribution in [0.5, 0.6) is 0 Å². The van der Waals surface area contributed by atoms with E-state index in [0.717, 1.165) is 26.1 Å². The molecule has 1 aliphatic heterocycles. The first-order chi connectivity index (χ1) is 7.11. The Bertz CT molecular complexity index is 201. The third kappa shape index (κ3) is 4.18. The summed E-state index contributed by atoms with van der Waals surface area (Å²) in [7, 11) is 0. The van der Waals surface area contributed by atoms with Crippen molar-refractivity contribution in [3.8, 4) is 0 Å². The Balaban J connectivity index is 2.11. The van der Waals surface area contributed by atoms with Gasteiger partial charge in [-0.25, -0.2) is 0 Å². The van der Waals surface area contributed by atoms with E-state index in [1.54, 1.807) is 0 Å². The Labute approximate surface area is 91.5 Å². The van der Waals surface area contributed by atoms with Crippen LogP contribution in [0, 0.1) is 11.8 Å². The van der Waals surface area contributed by atoms with Gasteiger partial charge >= 0.3 is 0 Å². The first-order valence-electron chi connectivity index (χ1n) is 5.72. The number of ether oxygens (including phenoxy) is 1.